The Balaban J connectivity index is 2.22. The molecule has 0 aromatic heterocycles. The lowest BCUT2D eigenvalue weighted by Gasteiger charge is -2.18. The number of carbonyl (C=O) groups excluding carboxylic acids is 1. The first-order valence-electron chi connectivity index (χ1n) is 8.42. The Labute approximate surface area is 129 Å². The first-order valence-corrected chi connectivity index (χ1v) is 8.42. The molecule has 0 aliphatic heterocycles. The fraction of sp³-hybridized carbons (Fsp3) is 0.632. The third kappa shape index (κ3) is 6.90. The summed E-state index contributed by atoms with van der Waals surface area (Å²) in [7, 11) is 0. The van der Waals surface area contributed by atoms with E-state index in [4.69, 9.17) is 0 Å². The van der Waals surface area contributed by atoms with Crippen molar-refractivity contribution < 1.29 is 9.90 Å². The summed E-state index contributed by atoms with van der Waals surface area (Å²) < 4.78 is 0. The summed E-state index contributed by atoms with van der Waals surface area (Å²) in [5.74, 6) is -0.132. The van der Waals surface area contributed by atoms with Crippen LogP contribution in [-0.2, 0) is 4.79 Å². The number of aliphatic hydroxyl groups excluding tert-OH is 1. The number of unbranched alkanes of at least 4 members (excludes halogenated alkanes) is 6. The fourth-order valence-electron chi connectivity index (χ4n) is 2.60. The number of carbonyl (C=O) groups is 1. The van der Waals surface area contributed by atoms with Crippen molar-refractivity contribution in [3.8, 4) is 0 Å². The average molecular weight is 290 g/mol. The number of benzene rings is 1. The van der Waals surface area contributed by atoms with Crippen molar-refractivity contribution in [2.75, 3.05) is 0 Å². The van der Waals surface area contributed by atoms with E-state index in [1.165, 1.54) is 32.1 Å². The largest absolute Gasteiger partial charge is 0.388 e. The molecule has 0 saturated heterocycles. The first kappa shape index (κ1) is 17.9. The molecule has 2 atom stereocenters. The van der Waals surface area contributed by atoms with Gasteiger partial charge in [-0.05, 0) is 12.0 Å². The van der Waals surface area contributed by atoms with Gasteiger partial charge in [0.25, 0.3) is 0 Å². The van der Waals surface area contributed by atoms with Gasteiger partial charge in [-0.15, -0.1) is 0 Å². The molecule has 118 valence electrons. The van der Waals surface area contributed by atoms with Crippen LogP contribution in [0.25, 0.3) is 0 Å². The zero-order valence-corrected chi connectivity index (χ0v) is 13.6. The summed E-state index contributed by atoms with van der Waals surface area (Å²) in [4.78, 5) is 12.1. The van der Waals surface area contributed by atoms with Crippen molar-refractivity contribution in [2.24, 2.45) is 5.92 Å². The van der Waals surface area contributed by atoms with Gasteiger partial charge in [0.2, 0.25) is 0 Å². The van der Waals surface area contributed by atoms with Crippen LogP contribution in [0.5, 0.6) is 0 Å². The van der Waals surface area contributed by atoms with Crippen LogP contribution in [-0.4, -0.2) is 10.9 Å². The van der Waals surface area contributed by atoms with Crippen LogP contribution in [0.4, 0.5) is 0 Å². The number of hydrogen-bond acceptors (Lipinski definition) is 2. The molecule has 1 rings (SSSR count). The molecule has 0 fully saturated rings. The molecule has 2 nitrogen and oxygen atoms in total. The Morgan fingerprint density at radius 3 is 2.19 bits per heavy atom. The van der Waals surface area contributed by atoms with Crippen LogP contribution >= 0.6 is 0 Å². The van der Waals surface area contributed by atoms with Gasteiger partial charge in [0.05, 0.1) is 6.10 Å². The summed E-state index contributed by atoms with van der Waals surface area (Å²) in [5.41, 5.74) is 0.831. The highest BCUT2D eigenvalue weighted by Gasteiger charge is 2.22. The predicted molar refractivity (Wildman–Crippen MR) is 88.2 cm³/mol. The number of hydrogen-bond donors (Lipinski definition) is 1. The third-order valence-electron chi connectivity index (χ3n) is 4.15. The number of aliphatic hydroxyl groups is 1. The van der Waals surface area contributed by atoms with E-state index in [9.17, 15) is 9.90 Å². The van der Waals surface area contributed by atoms with Crippen LogP contribution in [0.1, 0.15) is 76.9 Å². The van der Waals surface area contributed by atoms with E-state index in [0.29, 0.717) is 6.42 Å². The summed E-state index contributed by atoms with van der Waals surface area (Å²) in [6.45, 7) is 4.05. The molecule has 0 aliphatic carbocycles. The second-order valence-electron chi connectivity index (χ2n) is 5.98. The first-order chi connectivity index (χ1) is 10.2. The summed E-state index contributed by atoms with van der Waals surface area (Å²) >= 11 is 0. The predicted octanol–water partition coefficient (Wildman–Crippen LogP) is 5.07. The maximum atomic E-state index is 12.1. The van der Waals surface area contributed by atoms with Crippen LogP contribution in [0.3, 0.4) is 0 Å². The Morgan fingerprint density at radius 2 is 1.57 bits per heavy atom. The highest BCUT2D eigenvalue weighted by atomic mass is 16.3. The highest BCUT2D eigenvalue weighted by molar-refractivity contribution is 5.81. The van der Waals surface area contributed by atoms with Crippen LogP contribution in [0.2, 0.25) is 0 Å². The van der Waals surface area contributed by atoms with E-state index in [-0.39, 0.29) is 11.7 Å². The van der Waals surface area contributed by atoms with Crippen LogP contribution in [0, 0.1) is 5.92 Å². The SMILES string of the molecule is CCCCCCCCCC(=O)[C@@H](C)[C@@H](O)c1ccccc1. The zero-order valence-electron chi connectivity index (χ0n) is 13.6. The molecule has 0 amide bonds. The Bertz CT molecular complexity index is 386. The summed E-state index contributed by atoms with van der Waals surface area (Å²) in [6.07, 6.45) is 8.41. The molecule has 0 heterocycles. The minimum absolute atomic E-state index is 0.180. The van der Waals surface area contributed by atoms with E-state index in [1.807, 2.05) is 37.3 Å². The number of Topliss-reactive ketones (excluding diaryl/α,β-unsaturated/α-hetero) is 1. The van der Waals surface area contributed by atoms with Gasteiger partial charge >= 0.3 is 0 Å². The van der Waals surface area contributed by atoms with E-state index in [2.05, 4.69) is 6.92 Å². The van der Waals surface area contributed by atoms with E-state index < -0.39 is 6.10 Å². The minimum atomic E-state index is -0.678. The molecular formula is C19H30O2. The van der Waals surface area contributed by atoms with Gasteiger partial charge in [-0.25, -0.2) is 0 Å². The van der Waals surface area contributed by atoms with Crippen molar-refractivity contribution >= 4 is 5.78 Å². The quantitative estimate of drug-likeness (QED) is 0.578. The van der Waals surface area contributed by atoms with Crippen molar-refractivity contribution in [1.29, 1.82) is 0 Å². The van der Waals surface area contributed by atoms with Gasteiger partial charge in [0, 0.05) is 12.3 Å². The monoisotopic (exact) mass is 290 g/mol. The minimum Gasteiger partial charge on any atom is -0.388 e. The lowest BCUT2D eigenvalue weighted by Crippen LogP contribution is -2.19. The van der Waals surface area contributed by atoms with E-state index in [1.54, 1.807) is 0 Å². The Hall–Kier alpha value is -1.15. The summed E-state index contributed by atoms with van der Waals surface area (Å²) in [6, 6.07) is 9.46. The molecule has 0 unspecified atom stereocenters. The van der Waals surface area contributed by atoms with Gasteiger partial charge in [0.1, 0.15) is 5.78 Å². The lowest BCUT2D eigenvalue weighted by molar-refractivity contribution is -0.125. The smallest absolute Gasteiger partial charge is 0.138 e. The highest BCUT2D eigenvalue weighted by Crippen LogP contribution is 2.24. The van der Waals surface area contributed by atoms with Gasteiger partial charge < -0.3 is 5.11 Å². The van der Waals surface area contributed by atoms with Crippen LogP contribution in [0.15, 0.2) is 30.3 Å². The fourth-order valence-corrected chi connectivity index (χ4v) is 2.60. The second-order valence-corrected chi connectivity index (χ2v) is 5.98. The molecule has 0 radical (unpaired) electrons. The Morgan fingerprint density at radius 1 is 1.00 bits per heavy atom. The second kappa shape index (κ2) is 10.6. The third-order valence-corrected chi connectivity index (χ3v) is 4.15. The van der Waals surface area contributed by atoms with Crippen molar-refractivity contribution in [1.82, 2.24) is 0 Å². The standard InChI is InChI=1S/C19H30O2/c1-3-4-5-6-7-8-12-15-18(20)16(2)19(21)17-13-10-9-11-14-17/h9-11,13-14,16,19,21H,3-8,12,15H2,1-2H3/t16-,19-/m1/s1. The maximum Gasteiger partial charge on any atom is 0.138 e. The van der Waals surface area contributed by atoms with E-state index in [0.717, 1.165) is 18.4 Å². The molecule has 21 heavy (non-hydrogen) atoms. The maximum absolute atomic E-state index is 12.1. The van der Waals surface area contributed by atoms with Gasteiger partial charge in [-0.2, -0.15) is 0 Å². The van der Waals surface area contributed by atoms with Crippen molar-refractivity contribution in [2.45, 2.75) is 71.3 Å². The Kier molecular flexibility index (Phi) is 9.00. The molecule has 1 aromatic rings. The molecule has 1 aromatic carbocycles. The molecular weight excluding hydrogens is 260 g/mol. The topological polar surface area (TPSA) is 37.3 Å². The molecule has 0 saturated carbocycles. The molecule has 0 aliphatic rings. The molecule has 0 bridgehead atoms. The normalized spacial score (nSPS) is 13.9. The van der Waals surface area contributed by atoms with Crippen LogP contribution < -0.4 is 0 Å². The van der Waals surface area contributed by atoms with Gasteiger partial charge in [-0.3, -0.25) is 4.79 Å². The average Bonchev–Trinajstić information content (AvgIpc) is 2.53. The summed E-state index contributed by atoms with van der Waals surface area (Å²) in [5, 5.41) is 10.2. The van der Waals surface area contributed by atoms with Crippen molar-refractivity contribution in [3.63, 3.8) is 0 Å². The molecule has 1 N–H and O–H groups in total. The van der Waals surface area contributed by atoms with E-state index >= 15 is 0 Å². The molecule has 0 spiro atoms. The zero-order chi connectivity index (χ0) is 15.5. The van der Waals surface area contributed by atoms with Gasteiger partial charge in [0.15, 0.2) is 0 Å². The van der Waals surface area contributed by atoms with Gasteiger partial charge in [-0.1, -0.05) is 82.7 Å². The number of rotatable bonds is 11. The molecule has 2 heteroatoms. The van der Waals surface area contributed by atoms with Crippen molar-refractivity contribution in [3.05, 3.63) is 35.9 Å². The lowest BCUT2D eigenvalue weighted by atomic mass is 9.91. The number of ketones is 1.